The topological polar surface area (TPSA) is 84.2 Å². The van der Waals surface area contributed by atoms with Gasteiger partial charge in [0.25, 0.3) is 0 Å². The number of carbonyl (C=O) groups excluding carboxylic acids is 2. The highest BCUT2D eigenvalue weighted by atomic mass is 35.5. The number of hydrogen-bond donors (Lipinski definition) is 3. The normalized spacial score (nSPS) is 16.8. The van der Waals surface area contributed by atoms with Gasteiger partial charge in [0, 0.05) is 5.02 Å². The van der Waals surface area contributed by atoms with Crippen molar-refractivity contribution in [1.82, 2.24) is 10.6 Å². The molecule has 1 aliphatic rings. The van der Waals surface area contributed by atoms with Crippen LogP contribution in [0, 0.1) is 0 Å². The lowest BCUT2D eigenvalue weighted by atomic mass is 10.1. The Morgan fingerprint density at radius 1 is 1.37 bits per heavy atom. The summed E-state index contributed by atoms with van der Waals surface area (Å²) in [5, 5.41) is 6.05. The molecule has 1 aromatic carbocycles. The van der Waals surface area contributed by atoms with Crippen molar-refractivity contribution in [2.75, 3.05) is 13.1 Å². The molecule has 5 nitrogen and oxygen atoms in total. The number of rotatable bonds is 4. The summed E-state index contributed by atoms with van der Waals surface area (Å²) >= 11 is 5.93. The third-order valence-electron chi connectivity index (χ3n) is 3.15. The van der Waals surface area contributed by atoms with Gasteiger partial charge in [-0.05, 0) is 36.1 Å². The Kier molecular flexibility index (Phi) is 4.39. The van der Waals surface area contributed by atoms with Gasteiger partial charge < -0.3 is 16.4 Å². The molecule has 0 saturated heterocycles. The zero-order valence-electron chi connectivity index (χ0n) is 10.4. The van der Waals surface area contributed by atoms with Crippen LogP contribution in [0.1, 0.15) is 23.6 Å². The van der Waals surface area contributed by atoms with Crippen LogP contribution >= 0.6 is 11.6 Å². The van der Waals surface area contributed by atoms with E-state index in [-0.39, 0.29) is 30.9 Å². The molecule has 4 N–H and O–H groups in total. The van der Waals surface area contributed by atoms with E-state index in [1.165, 1.54) is 5.56 Å². The average molecular weight is 282 g/mol. The lowest BCUT2D eigenvalue weighted by molar-refractivity contribution is -0.125. The fourth-order valence-corrected chi connectivity index (χ4v) is 2.43. The largest absolute Gasteiger partial charge is 0.348 e. The van der Waals surface area contributed by atoms with Crippen molar-refractivity contribution < 1.29 is 9.59 Å². The van der Waals surface area contributed by atoms with E-state index >= 15 is 0 Å². The van der Waals surface area contributed by atoms with Gasteiger partial charge in [-0.15, -0.1) is 0 Å². The van der Waals surface area contributed by atoms with Crippen molar-refractivity contribution in [1.29, 1.82) is 0 Å². The summed E-state index contributed by atoms with van der Waals surface area (Å²) in [6.07, 6.45) is 1.75. The fourth-order valence-electron chi connectivity index (χ4n) is 2.23. The van der Waals surface area contributed by atoms with Crippen LogP contribution < -0.4 is 16.4 Å². The van der Waals surface area contributed by atoms with Crippen molar-refractivity contribution in [3.63, 3.8) is 0 Å². The van der Waals surface area contributed by atoms with Crippen LogP contribution in [0.25, 0.3) is 0 Å². The summed E-state index contributed by atoms with van der Waals surface area (Å²) in [6, 6.07) is 5.68. The van der Waals surface area contributed by atoms with E-state index in [1.807, 2.05) is 18.2 Å². The second kappa shape index (κ2) is 6.04. The van der Waals surface area contributed by atoms with E-state index in [0.29, 0.717) is 5.02 Å². The molecule has 1 unspecified atom stereocenters. The average Bonchev–Trinajstić information content (AvgIpc) is 2.78. The summed E-state index contributed by atoms with van der Waals surface area (Å²) in [6.45, 7) is -0.159. The first kappa shape index (κ1) is 13.8. The molecular weight excluding hydrogens is 266 g/mol. The molecule has 6 heteroatoms. The molecule has 102 valence electrons. The van der Waals surface area contributed by atoms with Gasteiger partial charge in [-0.3, -0.25) is 9.59 Å². The molecule has 0 aromatic heterocycles. The summed E-state index contributed by atoms with van der Waals surface area (Å²) in [5.41, 5.74) is 7.41. The van der Waals surface area contributed by atoms with E-state index in [9.17, 15) is 9.59 Å². The highest BCUT2D eigenvalue weighted by Gasteiger charge is 2.23. The minimum absolute atomic E-state index is 0.00505. The Labute approximate surface area is 116 Å². The minimum atomic E-state index is -0.339. The molecule has 1 aromatic rings. The molecule has 0 spiro atoms. The summed E-state index contributed by atoms with van der Waals surface area (Å²) in [7, 11) is 0. The van der Waals surface area contributed by atoms with E-state index in [4.69, 9.17) is 17.3 Å². The molecule has 0 radical (unpaired) electrons. The molecule has 0 bridgehead atoms. The highest BCUT2D eigenvalue weighted by Crippen LogP contribution is 2.32. The maximum absolute atomic E-state index is 11.7. The molecule has 2 amide bonds. The van der Waals surface area contributed by atoms with Crippen molar-refractivity contribution in [3.05, 3.63) is 34.3 Å². The molecule has 1 aliphatic carbocycles. The van der Waals surface area contributed by atoms with Crippen LogP contribution in [-0.4, -0.2) is 24.9 Å². The van der Waals surface area contributed by atoms with E-state index in [1.54, 1.807) is 0 Å². The number of fused-ring (bicyclic) bond motifs is 1. The van der Waals surface area contributed by atoms with Gasteiger partial charge in [0.15, 0.2) is 0 Å². The first-order valence-electron chi connectivity index (χ1n) is 6.14. The second-order valence-electron chi connectivity index (χ2n) is 4.48. The van der Waals surface area contributed by atoms with Gasteiger partial charge in [0.1, 0.15) is 0 Å². The number of halogens is 1. The van der Waals surface area contributed by atoms with Crippen molar-refractivity contribution >= 4 is 23.4 Å². The molecule has 0 aliphatic heterocycles. The van der Waals surface area contributed by atoms with Gasteiger partial charge in [-0.1, -0.05) is 17.7 Å². The van der Waals surface area contributed by atoms with Crippen molar-refractivity contribution in [2.24, 2.45) is 5.73 Å². The SMILES string of the molecule is NCC(=O)NCC(=O)NC1CCc2cc(Cl)ccc21. The van der Waals surface area contributed by atoms with Crippen LogP contribution in [0.2, 0.25) is 5.02 Å². The second-order valence-corrected chi connectivity index (χ2v) is 4.92. The molecule has 0 fully saturated rings. The minimum Gasteiger partial charge on any atom is -0.348 e. The Balaban J connectivity index is 1.92. The summed E-state index contributed by atoms with van der Waals surface area (Å²) in [5.74, 6) is -0.552. The van der Waals surface area contributed by atoms with Crippen molar-refractivity contribution in [2.45, 2.75) is 18.9 Å². The number of amides is 2. The third kappa shape index (κ3) is 3.45. The van der Waals surface area contributed by atoms with Gasteiger partial charge in [0.05, 0.1) is 19.1 Å². The van der Waals surface area contributed by atoms with Gasteiger partial charge >= 0.3 is 0 Å². The Morgan fingerprint density at radius 2 is 2.16 bits per heavy atom. The van der Waals surface area contributed by atoms with Crippen LogP contribution in [0.5, 0.6) is 0 Å². The quantitative estimate of drug-likeness (QED) is 0.752. The lowest BCUT2D eigenvalue weighted by Crippen LogP contribution is -2.40. The number of carbonyl (C=O) groups is 2. The van der Waals surface area contributed by atoms with Gasteiger partial charge in [-0.25, -0.2) is 0 Å². The smallest absolute Gasteiger partial charge is 0.239 e. The number of nitrogens with two attached hydrogens (primary N) is 1. The van der Waals surface area contributed by atoms with Crippen LogP contribution in [0.3, 0.4) is 0 Å². The zero-order chi connectivity index (χ0) is 13.8. The molecule has 0 saturated carbocycles. The first-order chi connectivity index (χ1) is 9.10. The molecule has 2 rings (SSSR count). The van der Waals surface area contributed by atoms with E-state index < -0.39 is 0 Å². The summed E-state index contributed by atoms with van der Waals surface area (Å²) < 4.78 is 0. The van der Waals surface area contributed by atoms with E-state index in [0.717, 1.165) is 18.4 Å². The van der Waals surface area contributed by atoms with Crippen LogP contribution in [-0.2, 0) is 16.0 Å². The molecule has 0 heterocycles. The fraction of sp³-hybridized carbons (Fsp3) is 0.385. The predicted molar refractivity (Wildman–Crippen MR) is 72.7 cm³/mol. The predicted octanol–water partition coefficient (Wildman–Crippen LogP) is 0.518. The zero-order valence-corrected chi connectivity index (χ0v) is 11.2. The molecular formula is C13H16ClN3O2. The van der Waals surface area contributed by atoms with Crippen LogP contribution in [0.4, 0.5) is 0 Å². The maximum Gasteiger partial charge on any atom is 0.239 e. The van der Waals surface area contributed by atoms with Gasteiger partial charge in [0.2, 0.25) is 11.8 Å². The highest BCUT2D eigenvalue weighted by molar-refractivity contribution is 6.30. The number of aryl methyl sites for hydroxylation is 1. The van der Waals surface area contributed by atoms with Crippen LogP contribution in [0.15, 0.2) is 18.2 Å². The van der Waals surface area contributed by atoms with Crippen molar-refractivity contribution in [3.8, 4) is 0 Å². The maximum atomic E-state index is 11.7. The Hall–Kier alpha value is -1.59. The first-order valence-corrected chi connectivity index (χ1v) is 6.52. The Bertz CT molecular complexity index is 505. The third-order valence-corrected chi connectivity index (χ3v) is 3.38. The standard InChI is InChI=1S/C13H16ClN3O2/c14-9-2-3-10-8(5-9)1-4-11(10)17-13(19)7-16-12(18)6-15/h2-3,5,11H,1,4,6-7,15H2,(H,16,18)(H,17,19). The molecule has 1 atom stereocenters. The van der Waals surface area contributed by atoms with E-state index in [2.05, 4.69) is 10.6 Å². The number of nitrogens with one attached hydrogen (secondary N) is 2. The number of hydrogen-bond acceptors (Lipinski definition) is 3. The van der Waals surface area contributed by atoms with Gasteiger partial charge in [-0.2, -0.15) is 0 Å². The Morgan fingerprint density at radius 3 is 2.89 bits per heavy atom. The monoisotopic (exact) mass is 281 g/mol. The molecule has 19 heavy (non-hydrogen) atoms. The lowest BCUT2D eigenvalue weighted by Gasteiger charge is -2.14. The summed E-state index contributed by atoms with van der Waals surface area (Å²) in [4.78, 5) is 22.7. The number of benzene rings is 1.